The molecule has 0 radical (unpaired) electrons. The predicted molar refractivity (Wildman–Crippen MR) is 167 cm³/mol. The molecule has 5 N–H and O–H groups in total. The molecular formula is C34H41N5O2. The van der Waals surface area contributed by atoms with Gasteiger partial charge in [-0.15, -0.1) is 0 Å². The Morgan fingerprint density at radius 2 is 1.29 bits per heavy atom. The van der Waals surface area contributed by atoms with Gasteiger partial charge in [-0.25, -0.2) is 9.97 Å². The molecule has 7 heteroatoms. The minimum atomic E-state index is 0.324. The Morgan fingerprint density at radius 3 is 1.78 bits per heavy atom. The highest BCUT2D eigenvalue weighted by atomic mass is 16.5. The topological polar surface area (TPSA) is 111 Å². The van der Waals surface area contributed by atoms with E-state index in [1.54, 1.807) is 12.1 Å². The van der Waals surface area contributed by atoms with Gasteiger partial charge in [-0.1, -0.05) is 25.0 Å². The maximum atomic E-state index is 9.66. The molecule has 0 unspecified atom stereocenters. The molecule has 0 saturated heterocycles. The first-order valence-electron chi connectivity index (χ1n) is 14.6. The number of hydrogen-bond donors (Lipinski definition) is 3. The van der Waals surface area contributed by atoms with Crippen molar-refractivity contribution < 1.29 is 9.84 Å². The van der Waals surface area contributed by atoms with Gasteiger partial charge in [0.05, 0.1) is 11.4 Å². The zero-order chi connectivity index (χ0) is 28.8. The molecule has 2 aliphatic rings. The number of hydrogen-bond acceptors (Lipinski definition) is 7. The number of aromatic nitrogens is 2. The largest absolute Gasteiger partial charge is 0.508 e. The van der Waals surface area contributed by atoms with E-state index in [1.807, 2.05) is 48.5 Å². The molecule has 0 amide bonds. The van der Waals surface area contributed by atoms with Gasteiger partial charge >= 0.3 is 0 Å². The molecule has 6 rings (SSSR count). The van der Waals surface area contributed by atoms with Crippen LogP contribution >= 0.6 is 0 Å². The van der Waals surface area contributed by atoms with E-state index in [0.29, 0.717) is 35.8 Å². The van der Waals surface area contributed by atoms with Gasteiger partial charge in [0.2, 0.25) is 0 Å². The summed E-state index contributed by atoms with van der Waals surface area (Å²) in [6.45, 7) is 1.62. The third-order valence-electron chi connectivity index (χ3n) is 8.05. The Bertz CT molecular complexity index is 1460. The quantitative estimate of drug-likeness (QED) is 0.220. The second-order valence-electron chi connectivity index (χ2n) is 11.3. The van der Waals surface area contributed by atoms with Crippen molar-refractivity contribution in [2.75, 3.05) is 38.7 Å². The maximum Gasteiger partial charge on any atom is 0.124 e. The van der Waals surface area contributed by atoms with Crippen molar-refractivity contribution in [1.82, 2.24) is 14.9 Å². The lowest BCUT2D eigenvalue weighted by Crippen LogP contribution is -2.19. The van der Waals surface area contributed by atoms with E-state index in [0.717, 1.165) is 29.2 Å². The summed E-state index contributed by atoms with van der Waals surface area (Å²) in [5.41, 5.74) is 18.2. The van der Waals surface area contributed by atoms with Crippen LogP contribution in [0, 0.1) is 0 Å². The van der Waals surface area contributed by atoms with Crippen LogP contribution in [0.1, 0.15) is 61.5 Å². The molecule has 2 heterocycles. The number of nitrogens with zero attached hydrogens (tertiary/aromatic N) is 3. The van der Waals surface area contributed by atoms with Gasteiger partial charge < -0.3 is 26.2 Å². The minimum absolute atomic E-state index is 0.324. The van der Waals surface area contributed by atoms with E-state index in [2.05, 4.69) is 41.1 Å². The lowest BCUT2D eigenvalue weighted by molar-refractivity contribution is 0.261. The van der Waals surface area contributed by atoms with Crippen LogP contribution in [0.15, 0.2) is 72.8 Å². The van der Waals surface area contributed by atoms with Crippen molar-refractivity contribution >= 4 is 11.6 Å². The van der Waals surface area contributed by atoms with Crippen LogP contribution in [0.25, 0.3) is 22.5 Å². The van der Waals surface area contributed by atoms with E-state index in [1.165, 1.54) is 55.2 Å². The van der Waals surface area contributed by atoms with Crippen molar-refractivity contribution in [2.45, 2.75) is 50.4 Å². The van der Waals surface area contributed by atoms with Crippen LogP contribution in [0.4, 0.5) is 11.6 Å². The summed E-state index contributed by atoms with van der Waals surface area (Å²) in [7, 11) is 4.11. The van der Waals surface area contributed by atoms with Crippen LogP contribution in [-0.4, -0.2) is 47.2 Å². The summed E-state index contributed by atoms with van der Waals surface area (Å²) in [6, 6.07) is 23.3. The lowest BCUT2D eigenvalue weighted by atomic mass is 9.77. The highest BCUT2D eigenvalue weighted by Crippen LogP contribution is 2.43. The Kier molecular flexibility index (Phi) is 9.04. The molecule has 7 nitrogen and oxygen atoms in total. The molecule has 0 aliphatic heterocycles. The Hall–Kier alpha value is -4.10. The molecule has 2 aliphatic carbocycles. The van der Waals surface area contributed by atoms with Crippen molar-refractivity contribution in [3.8, 4) is 34.0 Å². The molecule has 0 bridgehead atoms. The molecule has 2 saturated carbocycles. The predicted octanol–water partition coefficient (Wildman–Crippen LogP) is 6.84. The van der Waals surface area contributed by atoms with Gasteiger partial charge in [0.15, 0.2) is 0 Å². The summed E-state index contributed by atoms with van der Waals surface area (Å²) in [6.07, 6.45) is 7.45. The number of nitrogen functional groups attached to an aromatic ring is 2. The van der Waals surface area contributed by atoms with Crippen molar-refractivity contribution in [2.24, 2.45) is 0 Å². The molecular weight excluding hydrogens is 510 g/mol. The number of rotatable bonds is 8. The second kappa shape index (κ2) is 13.0. The molecule has 2 aromatic heterocycles. The van der Waals surface area contributed by atoms with Crippen LogP contribution in [-0.2, 0) is 0 Å². The molecule has 0 spiro atoms. The van der Waals surface area contributed by atoms with Crippen molar-refractivity contribution in [3.63, 3.8) is 0 Å². The maximum absolute atomic E-state index is 9.66. The van der Waals surface area contributed by atoms with E-state index >= 15 is 0 Å². The van der Waals surface area contributed by atoms with Crippen LogP contribution in [0.3, 0.4) is 0 Å². The van der Waals surface area contributed by atoms with Crippen LogP contribution in [0.2, 0.25) is 0 Å². The van der Waals surface area contributed by atoms with Gasteiger partial charge in [0.25, 0.3) is 0 Å². The zero-order valence-electron chi connectivity index (χ0n) is 24.1. The number of phenols is 1. The fraction of sp³-hybridized carbons (Fsp3) is 0.353. The molecule has 2 fully saturated rings. The molecule has 41 heavy (non-hydrogen) atoms. The number of pyridine rings is 2. The van der Waals surface area contributed by atoms with Gasteiger partial charge in [0, 0.05) is 17.7 Å². The molecule has 4 aromatic rings. The van der Waals surface area contributed by atoms with E-state index < -0.39 is 0 Å². The smallest absolute Gasteiger partial charge is 0.124 e. The van der Waals surface area contributed by atoms with Crippen molar-refractivity contribution in [3.05, 3.63) is 83.9 Å². The first-order valence-corrected chi connectivity index (χ1v) is 14.6. The first-order chi connectivity index (χ1) is 19.9. The first kappa shape index (κ1) is 28.4. The molecule has 2 aromatic carbocycles. The fourth-order valence-electron chi connectivity index (χ4n) is 5.31. The van der Waals surface area contributed by atoms with Gasteiger partial charge in [-0.2, -0.15) is 0 Å². The van der Waals surface area contributed by atoms with E-state index in [4.69, 9.17) is 16.2 Å². The fourth-order valence-corrected chi connectivity index (χ4v) is 5.31. The lowest BCUT2D eigenvalue weighted by Gasteiger charge is -2.28. The number of likely N-dealkylation sites (N-methyl/N-ethyl adjacent to an activating group) is 1. The van der Waals surface area contributed by atoms with Gasteiger partial charge in [-0.05, 0) is 123 Å². The Balaban J connectivity index is 0.000000169. The number of ether oxygens (including phenoxy) is 1. The van der Waals surface area contributed by atoms with Crippen molar-refractivity contribution in [1.29, 1.82) is 0 Å². The number of aromatic hydroxyl groups is 1. The summed E-state index contributed by atoms with van der Waals surface area (Å²) < 4.78 is 5.90. The average Bonchev–Trinajstić information content (AvgIpc) is 2.87. The third-order valence-corrected chi connectivity index (χ3v) is 8.05. The third kappa shape index (κ3) is 7.16. The monoisotopic (exact) mass is 551 g/mol. The normalized spacial score (nSPS) is 15.0. The number of nitrogens with two attached hydrogens (primary N) is 2. The van der Waals surface area contributed by atoms with E-state index in [9.17, 15) is 5.11 Å². The summed E-state index contributed by atoms with van der Waals surface area (Å²) >= 11 is 0. The number of benzene rings is 2. The minimum Gasteiger partial charge on any atom is -0.508 e. The summed E-state index contributed by atoms with van der Waals surface area (Å²) in [5, 5.41) is 9.66. The summed E-state index contributed by atoms with van der Waals surface area (Å²) in [5.74, 6) is 3.53. The standard InChI is InChI=1S/C19H25N3O.C15H16N2O/c1-22(2)11-12-23-15-9-10-16(17(13-15)14-5-3-6-14)18-7-4-8-19(20)21-18;16-15-6-2-5-14(17-15)12-8-7-11(18)9-13(12)10-3-1-4-10/h4,7-10,13-14H,3,5-6,11-12H2,1-2H3,(H2,20,21);2,5-10,18H,1,3-4H2,(H2,16,17). The highest BCUT2D eigenvalue weighted by Gasteiger charge is 2.24. The van der Waals surface area contributed by atoms with Gasteiger partial charge in [-0.3, -0.25) is 0 Å². The number of anilines is 2. The van der Waals surface area contributed by atoms with Crippen LogP contribution < -0.4 is 16.2 Å². The second-order valence-corrected chi connectivity index (χ2v) is 11.3. The number of phenolic OH excluding ortho intramolecular Hbond substituents is 1. The summed E-state index contributed by atoms with van der Waals surface area (Å²) in [4.78, 5) is 11.0. The Morgan fingerprint density at radius 1 is 0.756 bits per heavy atom. The highest BCUT2D eigenvalue weighted by molar-refractivity contribution is 5.68. The molecule has 214 valence electrons. The zero-order valence-corrected chi connectivity index (χ0v) is 24.1. The SMILES string of the molecule is CN(C)CCOc1ccc(-c2cccc(N)n2)c(C2CCC2)c1.Nc1cccc(-c2ccc(O)cc2C2CCC2)n1. The Labute approximate surface area is 243 Å². The molecule has 0 atom stereocenters. The van der Waals surface area contributed by atoms with Crippen LogP contribution in [0.5, 0.6) is 11.5 Å². The van der Waals surface area contributed by atoms with Gasteiger partial charge in [0.1, 0.15) is 29.7 Å². The average molecular weight is 552 g/mol. The van der Waals surface area contributed by atoms with E-state index in [-0.39, 0.29) is 0 Å².